The molecular formula is C24H44O14. The second-order valence-corrected chi connectivity index (χ2v) is 8.13. The highest BCUT2D eigenvalue weighted by atomic mass is 16.4. The van der Waals surface area contributed by atoms with Gasteiger partial charge in [0.2, 0.25) is 0 Å². The normalized spacial score (nSPS) is 9.74. The van der Waals surface area contributed by atoms with Gasteiger partial charge < -0.3 is 51.1 Å². The predicted octanol–water partition coefficient (Wildman–Crippen LogP) is -0.275. The first kappa shape index (κ1) is 44.8. The lowest BCUT2D eigenvalue weighted by Gasteiger charge is -2.24. The second-order valence-electron chi connectivity index (χ2n) is 8.13. The Morgan fingerprint density at radius 1 is 0.526 bits per heavy atom. The van der Waals surface area contributed by atoms with Crippen molar-refractivity contribution in [3.8, 4) is 0 Å². The molecule has 0 heterocycles. The molecule has 0 bridgehead atoms. The Balaban J connectivity index is -0.000000123. The minimum Gasteiger partial charge on any atom is -0.481 e. The fourth-order valence-electron chi connectivity index (χ4n) is 1.12. The molecular weight excluding hydrogens is 512 g/mol. The summed E-state index contributed by atoms with van der Waals surface area (Å²) in [6.07, 6.45) is 0.160. The molecule has 14 heteroatoms. The summed E-state index contributed by atoms with van der Waals surface area (Å²) in [6.45, 7) is 13.6. The molecule has 0 aromatic rings. The van der Waals surface area contributed by atoms with Gasteiger partial charge in [0, 0.05) is 22.1 Å². The van der Waals surface area contributed by atoms with Gasteiger partial charge in [0.25, 0.3) is 0 Å². The molecule has 0 aliphatic rings. The third-order valence-corrected chi connectivity index (χ3v) is 4.38. The summed E-state index contributed by atoms with van der Waals surface area (Å²) in [5.41, 5.74) is -1.42. The Hall–Kier alpha value is -3.14. The van der Waals surface area contributed by atoms with Gasteiger partial charge in [-0.3, -0.25) is 4.79 Å². The number of hydrogen-bond acceptors (Lipinski definition) is 10. The molecule has 0 radical (unpaired) electrons. The van der Waals surface area contributed by atoms with Gasteiger partial charge in [-0.1, -0.05) is 26.7 Å². The topological polar surface area (TPSA) is 271 Å². The van der Waals surface area contributed by atoms with Crippen LogP contribution in [0.3, 0.4) is 0 Å². The number of carbonyl (C=O) groups is 4. The molecule has 38 heavy (non-hydrogen) atoms. The van der Waals surface area contributed by atoms with Crippen molar-refractivity contribution in [3.05, 3.63) is 36.5 Å². The van der Waals surface area contributed by atoms with E-state index in [1.54, 1.807) is 0 Å². The van der Waals surface area contributed by atoms with Crippen LogP contribution in [0, 0.1) is 10.8 Å². The first-order valence-electron chi connectivity index (χ1n) is 10.8. The SMILES string of the molecule is C=C(C)C(=O)O.C=C(C)C(=O)O.C=C(C)C(=O)O.CCC(CO)(CO)CO.O=C(O)CC(CO)(CO)CO. The summed E-state index contributed by atoms with van der Waals surface area (Å²) in [7, 11) is 0. The van der Waals surface area contributed by atoms with E-state index in [0.29, 0.717) is 6.42 Å². The lowest BCUT2D eigenvalue weighted by atomic mass is 9.87. The maximum absolute atomic E-state index is 10.2. The Bertz CT molecular complexity index is 616. The fourth-order valence-corrected chi connectivity index (χ4v) is 1.12. The molecule has 224 valence electrons. The molecule has 0 amide bonds. The van der Waals surface area contributed by atoms with Gasteiger partial charge in [-0.15, -0.1) is 0 Å². The zero-order chi connectivity index (χ0) is 31.7. The summed E-state index contributed by atoms with van der Waals surface area (Å²) in [5.74, 6) is -3.96. The Labute approximate surface area is 222 Å². The molecule has 0 aliphatic heterocycles. The Morgan fingerprint density at radius 2 is 0.711 bits per heavy atom. The highest BCUT2D eigenvalue weighted by Gasteiger charge is 2.30. The Morgan fingerprint density at radius 3 is 0.737 bits per heavy atom. The molecule has 0 saturated heterocycles. The van der Waals surface area contributed by atoms with Crippen molar-refractivity contribution < 1.29 is 70.2 Å². The van der Waals surface area contributed by atoms with Crippen LogP contribution in [0.1, 0.15) is 40.5 Å². The molecule has 0 aromatic heterocycles. The van der Waals surface area contributed by atoms with E-state index in [1.807, 2.05) is 6.92 Å². The predicted molar refractivity (Wildman–Crippen MR) is 137 cm³/mol. The lowest BCUT2D eigenvalue weighted by Crippen LogP contribution is -2.36. The number of hydrogen-bond donors (Lipinski definition) is 10. The zero-order valence-corrected chi connectivity index (χ0v) is 22.4. The zero-order valence-electron chi connectivity index (χ0n) is 22.4. The molecule has 0 spiro atoms. The number of carboxylic acid groups (broad SMARTS) is 4. The van der Waals surface area contributed by atoms with Crippen molar-refractivity contribution in [1.82, 2.24) is 0 Å². The van der Waals surface area contributed by atoms with Gasteiger partial charge in [0.05, 0.1) is 51.5 Å². The van der Waals surface area contributed by atoms with Gasteiger partial charge in [-0.25, -0.2) is 14.4 Å². The number of aliphatic hydroxyl groups excluding tert-OH is 6. The standard InChI is InChI=1S/C6H12O5.C6H14O3.3C4H6O2/c7-2-6(3-8,4-9)1-5(10)11;1-2-6(3-7,4-8)5-9;3*1-3(2)4(5)6/h7-9H,1-4H2,(H,10,11);7-9H,2-5H2,1H3;3*1H2,2H3,(H,5,6). The van der Waals surface area contributed by atoms with E-state index in [0.717, 1.165) is 0 Å². The van der Waals surface area contributed by atoms with Crippen LogP contribution in [0.2, 0.25) is 0 Å². The van der Waals surface area contributed by atoms with Gasteiger partial charge in [0.15, 0.2) is 0 Å². The van der Waals surface area contributed by atoms with E-state index in [-0.39, 0.29) is 36.5 Å². The molecule has 0 aliphatic carbocycles. The summed E-state index contributed by atoms with van der Waals surface area (Å²) < 4.78 is 0. The monoisotopic (exact) mass is 556 g/mol. The number of rotatable bonds is 12. The third kappa shape index (κ3) is 27.4. The highest BCUT2D eigenvalue weighted by molar-refractivity contribution is 5.85. The van der Waals surface area contributed by atoms with Crippen LogP contribution in [0.5, 0.6) is 0 Å². The molecule has 0 fully saturated rings. The molecule has 0 saturated carbocycles. The van der Waals surface area contributed by atoms with Crippen LogP contribution < -0.4 is 0 Å². The van der Waals surface area contributed by atoms with Crippen LogP contribution >= 0.6 is 0 Å². The van der Waals surface area contributed by atoms with E-state index < -0.39 is 60.9 Å². The molecule has 0 rings (SSSR count). The van der Waals surface area contributed by atoms with Crippen molar-refractivity contribution in [1.29, 1.82) is 0 Å². The molecule has 14 nitrogen and oxygen atoms in total. The minimum absolute atomic E-state index is 0.156. The Kier molecular flexibility index (Phi) is 30.1. The summed E-state index contributed by atoms with van der Waals surface area (Å²) >= 11 is 0. The average molecular weight is 557 g/mol. The number of carboxylic acids is 4. The summed E-state index contributed by atoms with van der Waals surface area (Å²) in [5, 5.41) is 83.9. The smallest absolute Gasteiger partial charge is 0.330 e. The second kappa shape index (κ2) is 25.5. The van der Waals surface area contributed by atoms with Crippen molar-refractivity contribution in [3.63, 3.8) is 0 Å². The van der Waals surface area contributed by atoms with Crippen LogP contribution in [0.4, 0.5) is 0 Å². The number of aliphatic hydroxyl groups is 6. The van der Waals surface area contributed by atoms with E-state index >= 15 is 0 Å². The molecule has 0 atom stereocenters. The average Bonchev–Trinajstić information content (AvgIpc) is 2.85. The van der Waals surface area contributed by atoms with Crippen molar-refractivity contribution in [2.75, 3.05) is 39.6 Å². The molecule has 0 unspecified atom stereocenters. The van der Waals surface area contributed by atoms with Crippen molar-refractivity contribution in [2.24, 2.45) is 10.8 Å². The largest absolute Gasteiger partial charge is 0.481 e. The van der Waals surface area contributed by atoms with E-state index in [2.05, 4.69) is 19.7 Å². The lowest BCUT2D eigenvalue weighted by molar-refractivity contribution is -0.143. The summed E-state index contributed by atoms with van der Waals surface area (Å²) in [4.78, 5) is 39.0. The van der Waals surface area contributed by atoms with Crippen LogP contribution in [0.25, 0.3) is 0 Å². The van der Waals surface area contributed by atoms with E-state index in [1.165, 1.54) is 20.8 Å². The van der Waals surface area contributed by atoms with Crippen molar-refractivity contribution >= 4 is 23.9 Å². The maximum atomic E-state index is 10.2. The third-order valence-electron chi connectivity index (χ3n) is 4.38. The van der Waals surface area contributed by atoms with E-state index in [4.69, 9.17) is 51.1 Å². The quantitative estimate of drug-likeness (QED) is 0.139. The maximum Gasteiger partial charge on any atom is 0.330 e. The molecule has 10 N–H and O–H groups in total. The first-order chi connectivity index (χ1) is 17.3. The first-order valence-corrected chi connectivity index (χ1v) is 10.8. The van der Waals surface area contributed by atoms with Gasteiger partial charge in [0.1, 0.15) is 0 Å². The number of aliphatic carboxylic acids is 4. The van der Waals surface area contributed by atoms with Gasteiger partial charge in [-0.05, 0) is 27.2 Å². The highest BCUT2D eigenvalue weighted by Crippen LogP contribution is 2.19. The van der Waals surface area contributed by atoms with Crippen LogP contribution in [-0.2, 0) is 19.2 Å². The molecule has 0 aromatic carbocycles. The van der Waals surface area contributed by atoms with Gasteiger partial charge in [-0.2, -0.15) is 0 Å². The van der Waals surface area contributed by atoms with Gasteiger partial charge >= 0.3 is 23.9 Å². The van der Waals surface area contributed by atoms with Crippen LogP contribution in [-0.4, -0.2) is 115 Å². The minimum atomic E-state index is -1.29. The van der Waals surface area contributed by atoms with E-state index in [9.17, 15) is 19.2 Å². The van der Waals surface area contributed by atoms with Crippen molar-refractivity contribution in [2.45, 2.75) is 40.5 Å². The summed E-state index contributed by atoms with van der Waals surface area (Å²) in [6, 6.07) is 0. The fraction of sp³-hybridized carbons (Fsp3) is 0.583. The van der Waals surface area contributed by atoms with Crippen LogP contribution in [0.15, 0.2) is 36.5 Å².